The number of amides is 1. The molecule has 1 atom stereocenters. The molecule has 30 heavy (non-hydrogen) atoms. The van der Waals surface area contributed by atoms with E-state index in [1.54, 1.807) is 12.4 Å². The molecule has 0 bridgehead atoms. The quantitative estimate of drug-likeness (QED) is 0.439. The Bertz CT molecular complexity index is 1070. The topological polar surface area (TPSA) is 57.4 Å². The minimum absolute atomic E-state index is 0.0929. The molecular formula is C24H20N4OS. The molecule has 0 N–H and O–H groups in total. The maximum absolute atomic E-state index is 13.0. The van der Waals surface area contributed by atoms with Crippen LogP contribution in [0.5, 0.6) is 0 Å². The van der Waals surface area contributed by atoms with Gasteiger partial charge in [0.15, 0.2) is 0 Å². The number of hydrazone groups is 1. The van der Waals surface area contributed by atoms with Crippen molar-refractivity contribution in [2.75, 3.05) is 0 Å². The Morgan fingerprint density at radius 2 is 1.37 bits per heavy atom. The van der Waals surface area contributed by atoms with Crippen molar-refractivity contribution in [3.8, 4) is 0 Å². The molecule has 4 rings (SSSR count). The third-order valence-corrected chi connectivity index (χ3v) is 5.57. The van der Waals surface area contributed by atoms with E-state index in [2.05, 4.69) is 15.3 Å². The first-order valence-corrected chi connectivity index (χ1v) is 10.5. The molecule has 1 unspecified atom stereocenters. The average molecular weight is 413 g/mol. The Hall–Kier alpha value is -3.51. The Morgan fingerprint density at radius 1 is 0.800 bits per heavy atom. The summed E-state index contributed by atoms with van der Waals surface area (Å²) < 4.78 is 0. The normalized spacial score (nSPS) is 18.1. The van der Waals surface area contributed by atoms with E-state index in [0.29, 0.717) is 11.6 Å². The molecule has 0 spiro atoms. The molecule has 0 aliphatic carbocycles. The van der Waals surface area contributed by atoms with E-state index in [9.17, 15) is 4.79 Å². The van der Waals surface area contributed by atoms with E-state index in [0.717, 1.165) is 16.7 Å². The molecule has 1 aliphatic heterocycles. The van der Waals surface area contributed by atoms with Gasteiger partial charge >= 0.3 is 0 Å². The number of hydrogen-bond acceptors (Lipinski definition) is 5. The van der Waals surface area contributed by atoms with Gasteiger partial charge in [0.05, 0.1) is 17.7 Å². The van der Waals surface area contributed by atoms with Crippen LogP contribution in [0.15, 0.2) is 106 Å². The van der Waals surface area contributed by atoms with Crippen molar-refractivity contribution in [1.82, 2.24) is 5.01 Å². The van der Waals surface area contributed by atoms with Crippen LogP contribution in [0.4, 0.5) is 0 Å². The summed E-state index contributed by atoms with van der Waals surface area (Å²) in [6.07, 6.45) is 3.95. The molecule has 148 valence electrons. The minimum atomic E-state index is -0.286. The first-order chi connectivity index (χ1) is 14.8. The summed E-state index contributed by atoms with van der Waals surface area (Å²) in [6, 6.07) is 29.3. The first kappa shape index (κ1) is 19.8. The molecule has 5 nitrogen and oxygen atoms in total. The molecule has 0 aromatic heterocycles. The Balaban J connectivity index is 1.57. The molecule has 3 aromatic carbocycles. The molecule has 0 saturated carbocycles. The summed E-state index contributed by atoms with van der Waals surface area (Å²) in [5.74, 6) is -0.0929. The molecule has 6 heteroatoms. The van der Waals surface area contributed by atoms with Crippen molar-refractivity contribution in [2.45, 2.75) is 11.7 Å². The number of carbonyl (C=O) groups excluding carboxylic acids is 1. The van der Waals surface area contributed by atoms with Crippen molar-refractivity contribution in [3.05, 3.63) is 108 Å². The molecule has 0 radical (unpaired) electrons. The van der Waals surface area contributed by atoms with E-state index >= 15 is 0 Å². The van der Waals surface area contributed by atoms with E-state index in [4.69, 9.17) is 0 Å². The van der Waals surface area contributed by atoms with Crippen molar-refractivity contribution in [2.24, 2.45) is 15.3 Å². The highest BCUT2D eigenvalue weighted by molar-refractivity contribution is 8.15. The zero-order valence-electron chi connectivity index (χ0n) is 16.2. The monoisotopic (exact) mass is 412 g/mol. The van der Waals surface area contributed by atoms with Crippen molar-refractivity contribution in [1.29, 1.82) is 0 Å². The summed E-state index contributed by atoms with van der Waals surface area (Å²) in [4.78, 5) is 13.0. The van der Waals surface area contributed by atoms with Gasteiger partial charge in [0.1, 0.15) is 0 Å². The van der Waals surface area contributed by atoms with Crippen LogP contribution >= 0.6 is 11.8 Å². The van der Waals surface area contributed by atoms with Gasteiger partial charge in [-0.15, -0.1) is 5.10 Å². The van der Waals surface area contributed by atoms with Gasteiger partial charge in [-0.25, -0.2) is 0 Å². The average Bonchev–Trinajstić information content (AvgIpc) is 3.08. The van der Waals surface area contributed by atoms with E-state index in [-0.39, 0.29) is 11.2 Å². The van der Waals surface area contributed by atoms with Crippen molar-refractivity contribution >= 4 is 35.3 Å². The molecule has 1 heterocycles. The Morgan fingerprint density at radius 3 is 2.00 bits per heavy atom. The smallest absolute Gasteiger partial charge is 0.263 e. The lowest BCUT2D eigenvalue weighted by Crippen LogP contribution is -2.28. The fraction of sp³-hybridized carbons (Fsp3) is 0.0833. The second-order valence-electron chi connectivity index (χ2n) is 6.64. The predicted octanol–water partition coefficient (Wildman–Crippen LogP) is 4.60. The van der Waals surface area contributed by atoms with Gasteiger partial charge in [-0.05, 0) is 23.1 Å². The van der Waals surface area contributed by atoms with Crippen LogP contribution in [0.25, 0.3) is 0 Å². The maximum atomic E-state index is 13.0. The fourth-order valence-electron chi connectivity index (χ4n) is 2.94. The van der Waals surface area contributed by atoms with Crippen LogP contribution in [-0.4, -0.2) is 33.8 Å². The van der Waals surface area contributed by atoms with Gasteiger partial charge in [-0.3, -0.25) is 4.79 Å². The van der Waals surface area contributed by atoms with Crippen LogP contribution in [-0.2, 0) is 11.2 Å². The van der Waals surface area contributed by atoms with E-state index in [1.165, 1.54) is 16.8 Å². The second kappa shape index (κ2) is 9.80. The van der Waals surface area contributed by atoms with Gasteiger partial charge in [0, 0.05) is 0 Å². The van der Waals surface area contributed by atoms with Gasteiger partial charge < -0.3 is 0 Å². The molecular weight excluding hydrogens is 392 g/mol. The lowest BCUT2D eigenvalue weighted by molar-refractivity contribution is -0.126. The summed E-state index contributed by atoms with van der Waals surface area (Å²) in [5.41, 5.74) is 2.95. The summed E-state index contributed by atoms with van der Waals surface area (Å²) in [6.45, 7) is 0. The lowest BCUT2D eigenvalue weighted by atomic mass is 10.1. The predicted molar refractivity (Wildman–Crippen MR) is 124 cm³/mol. The van der Waals surface area contributed by atoms with Gasteiger partial charge in [0.2, 0.25) is 5.17 Å². The third-order valence-electron chi connectivity index (χ3n) is 4.45. The summed E-state index contributed by atoms with van der Waals surface area (Å²) >= 11 is 1.39. The maximum Gasteiger partial charge on any atom is 0.263 e. The number of rotatable bonds is 6. The van der Waals surface area contributed by atoms with Crippen LogP contribution < -0.4 is 0 Å². The molecule has 1 fully saturated rings. The van der Waals surface area contributed by atoms with Crippen LogP contribution in [0, 0.1) is 0 Å². The first-order valence-electron chi connectivity index (χ1n) is 9.59. The zero-order chi connectivity index (χ0) is 20.6. The van der Waals surface area contributed by atoms with Crippen LogP contribution in [0.3, 0.4) is 0 Å². The largest absolute Gasteiger partial charge is 0.271 e. The minimum Gasteiger partial charge on any atom is -0.271 e. The van der Waals surface area contributed by atoms with Crippen molar-refractivity contribution in [3.63, 3.8) is 0 Å². The molecule has 1 amide bonds. The Labute approximate surface area is 179 Å². The highest BCUT2D eigenvalue weighted by Crippen LogP contribution is 2.30. The zero-order valence-corrected chi connectivity index (χ0v) is 17.0. The molecule has 3 aromatic rings. The second-order valence-corrected chi connectivity index (χ2v) is 7.81. The van der Waals surface area contributed by atoms with Gasteiger partial charge in [-0.2, -0.15) is 15.2 Å². The molecule has 1 saturated heterocycles. The molecule has 1 aliphatic rings. The number of thioether (sulfide) groups is 1. The SMILES string of the molecule is O=C1C(Cc2ccccc2)S/C(=N\N=C\c2ccccc2)N1/N=C/c1ccccc1. The number of nitrogens with zero attached hydrogens (tertiary/aromatic N) is 4. The van der Waals surface area contributed by atoms with Gasteiger partial charge in [0.25, 0.3) is 5.91 Å². The lowest BCUT2D eigenvalue weighted by Gasteiger charge is -2.09. The van der Waals surface area contributed by atoms with E-state index in [1.807, 2.05) is 91.0 Å². The standard InChI is InChI=1S/C24H20N4OS/c29-23-22(16-19-10-4-1-5-11-19)30-24(27-25-17-20-12-6-2-7-13-20)28(23)26-18-21-14-8-3-9-15-21/h1-15,17-18,22H,16H2/b25-17+,26-18+,27-24-. The third kappa shape index (κ3) is 5.10. The number of carbonyl (C=O) groups is 1. The highest BCUT2D eigenvalue weighted by Gasteiger charge is 2.38. The number of amidine groups is 1. The van der Waals surface area contributed by atoms with Crippen molar-refractivity contribution < 1.29 is 4.79 Å². The summed E-state index contributed by atoms with van der Waals surface area (Å²) in [7, 11) is 0. The fourth-order valence-corrected chi connectivity index (χ4v) is 4.00. The number of benzene rings is 3. The van der Waals surface area contributed by atoms with Crippen LogP contribution in [0.1, 0.15) is 16.7 Å². The Kier molecular flexibility index (Phi) is 6.47. The van der Waals surface area contributed by atoms with Crippen LogP contribution in [0.2, 0.25) is 0 Å². The van der Waals surface area contributed by atoms with E-state index < -0.39 is 0 Å². The number of hydrogen-bond donors (Lipinski definition) is 0. The van der Waals surface area contributed by atoms with Gasteiger partial charge in [-0.1, -0.05) is 103 Å². The summed E-state index contributed by atoms with van der Waals surface area (Å²) in [5, 5.41) is 14.4. The highest BCUT2D eigenvalue weighted by atomic mass is 32.2.